The first kappa shape index (κ1) is 12.3. The minimum absolute atomic E-state index is 0.0167. The summed E-state index contributed by atoms with van der Waals surface area (Å²) in [4.78, 5) is 14.6. The monoisotopic (exact) mass is 288 g/mol. The fourth-order valence-electron chi connectivity index (χ4n) is 3.21. The number of amides is 1. The second-order valence-corrected chi connectivity index (χ2v) is 6.76. The highest BCUT2D eigenvalue weighted by molar-refractivity contribution is 7.99. The Kier molecular flexibility index (Phi) is 2.61. The zero-order chi connectivity index (χ0) is 13.7. The highest BCUT2D eigenvalue weighted by Crippen LogP contribution is 2.51. The molecule has 1 aromatic rings. The van der Waals surface area contributed by atoms with E-state index in [0.29, 0.717) is 0 Å². The maximum Gasteiger partial charge on any atom is 0.292 e. The van der Waals surface area contributed by atoms with Crippen molar-refractivity contribution in [2.24, 2.45) is 0 Å². The molecular weight excluding hydrogens is 272 g/mol. The third-order valence-electron chi connectivity index (χ3n) is 4.52. The van der Waals surface area contributed by atoms with E-state index in [1.54, 1.807) is 16.7 Å². The zero-order valence-electron chi connectivity index (χ0n) is 11.0. The molecule has 4 nitrogen and oxygen atoms in total. The molecule has 5 heteroatoms. The van der Waals surface area contributed by atoms with Crippen LogP contribution in [-0.4, -0.2) is 40.5 Å². The predicted octanol–water partition coefficient (Wildman–Crippen LogP) is 2.00. The largest absolute Gasteiger partial charge is 0.459 e. The normalized spacial score (nSPS) is 30.0. The Morgan fingerprint density at radius 2 is 2.05 bits per heavy atom. The fourth-order valence-corrected chi connectivity index (χ4v) is 4.47. The van der Waals surface area contributed by atoms with Crippen molar-refractivity contribution in [3.05, 3.63) is 35.9 Å². The smallest absolute Gasteiger partial charge is 0.292 e. The Morgan fingerprint density at radius 1 is 1.30 bits per heavy atom. The maximum absolute atomic E-state index is 13.0. The van der Waals surface area contributed by atoms with Crippen LogP contribution in [0.15, 0.2) is 30.3 Å². The molecule has 3 fully saturated rings. The molecule has 0 bridgehead atoms. The molecule has 0 radical (unpaired) electrons. The molecule has 0 aromatic heterocycles. The molecule has 1 N–H and O–H groups in total. The molecule has 2 atom stereocenters. The number of hydrogen-bond acceptors (Lipinski definition) is 4. The minimum atomic E-state index is -0.404. The first-order chi connectivity index (χ1) is 9.72. The van der Waals surface area contributed by atoms with Crippen LogP contribution in [0.3, 0.4) is 0 Å². The maximum atomic E-state index is 13.0. The standard InChI is InChI=1S/C15H16N2O2S/c16-14-17(11-8-20-9-12(11)19-14)13(18)15(6-7-15)10-4-2-1-3-5-10/h1-5,11-12,16H,6-9H2/t11-,12+/m1/s1. The third-order valence-corrected chi connectivity index (χ3v) is 5.66. The molecule has 1 aromatic carbocycles. The lowest BCUT2D eigenvalue weighted by molar-refractivity contribution is -0.131. The van der Waals surface area contributed by atoms with Gasteiger partial charge >= 0.3 is 0 Å². The van der Waals surface area contributed by atoms with Gasteiger partial charge in [-0.15, -0.1) is 0 Å². The number of amidine groups is 1. The van der Waals surface area contributed by atoms with Crippen molar-refractivity contribution in [2.45, 2.75) is 30.4 Å². The molecule has 0 spiro atoms. The van der Waals surface area contributed by atoms with Crippen LogP contribution in [0.2, 0.25) is 0 Å². The topological polar surface area (TPSA) is 53.4 Å². The number of fused-ring (bicyclic) bond motifs is 1. The lowest BCUT2D eigenvalue weighted by atomic mass is 9.94. The summed E-state index contributed by atoms with van der Waals surface area (Å²) in [5.41, 5.74) is 0.672. The quantitative estimate of drug-likeness (QED) is 0.905. The molecule has 1 saturated carbocycles. The van der Waals surface area contributed by atoms with Gasteiger partial charge in [0.05, 0.1) is 11.5 Å². The minimum Gasteiger partial charge on any atom is -0.459 e. The number of hydrogen-bond donors (Lipinski definition) is 1. The van der Waals surface area contributed by atoms with Crippen molar-refractivity contribution in [1.29, 1.82) is 5.41 Å². The molecule has 0 unspecified atom stereocenters. The molecule has 2 aliphatic heterocycles. The van der Waals surface area contributed by atoms with Crippen molar-refractivity contribution in [1.82, 2.24) is 4.90 Å². The molecule has 1 amide bonds. The number of rotatable bonds is 2. The highest BCUT2D eigenvalue weighted by atomic mass is 32.2. The fraction of sp³-hybridized carbons (Fsp3) is 0.467. The lowest BCUT2D eigenvalue weighted by Gasteiger charge is -2.25. The third kappa shape index (κ3) is 1.62. The summed E-state index contributed by atoms with van der Waals surface area (Å²) >= 11 is 1.80. The Labute approximate surface area is 122 Å². The van der Waals surface area contributed by atoms with Gasteiger partial charge in [-0.25, -0.2) is 0 Å². The van der Waals surface area contributed by atoms with E-state index in [9.17, 15) is 4.79 Å². The average molecular weight is 288 g/mol. The van der Waals surface area contributed by atoms with E-state index in [-0.39, 0.29) is 24.1 Å². The SMILES string of the molecule is N=C1O[C@H]2CSC[C@H]2N1C(=O)C1(c2ccccc2)CC1. The summed E-state index contributed by atoms with van der Waals surface area (Å²) in [6.45, 7) is 0. The lowest BCUT2D eigenvalue weighted by Crippen LogP contribution is -2.46. The van der Waals surface area contributed by atoms with Crippen LogP contribution in [0.1, 0.15) is 18.4 Å². The zero-order valence-corrected chi connectivity index (χ0v) is 11.9. The summed E-state index contributed by atoms with van der Waals surface area (Å²) < 4.78 is 5.55. The molecule has 2 saturated heterocycles. The molecule has 104 valence electrons. The van der Waals surface area contributed by atoms with Crippen molar-refractivity contribution in [3.8, 4) is 0 Å². The number of carbonyl (C=O) groups excluding carboxylic acids is 1. The van der Waals surface area contributed by atoms with Gasteiger partial charge < -0.3 is 4.74 Å². The number of nitrogens with zero attached hydrogens (tertiary/aromatic N) is 1. The van der Waals surface area contributed by atoms with Crippen LogP contribution in [0.4, 0.5) is 0 Å². The molecule has 2 heterocycles. The van der Waals surface area contributed by atoms with Gasteiger partial charge in [-0.1, -0.05) is 30.3 Å². The van der Waals surface area contributed by atoms with Gasteiger partial charge in [-0.3, -0.25) is 15.1 Å². The molecule has 3 aliphatic rings. The van der Waals surface area contributed by atoms with Gasteiger partial charge in [-0.05, 0) is 18.4 Å². The average Bonchev–Trinajstić information content (AvgIpc) is 3.07. The van der Waals surface area contributed by atoms with Crippen LogP contribution in [0.5, 0.6) is 0 Å². The Bertz CT molecular complexity index is 570. The summed E-state index contributed by atoms with van der Waals surface area (Å²) in [7, 11) is 0. The number of benzene rings is 1. The summed E-state index contributed by atoms with van der Waals surface area (Å²) in [6, 6.07) is 10.1. The number of nitrogens with one attached hydrogen (secondary N) is 1. The van der Waals surface area contributed by atoms with Gasteiger partial charge in [0.15, 0.2) is 0 Å². The van der Waals surface area contributed by atoms with Crippen molar-refractivity contribution >= 4 is 23.7 Å². The summed E-state index contributed by atoms with van der Waals surface area (Å²) in [5, 5.41) is 7.98. The number of thioether (sulfide) groups is 1. The van der Waals surface area contributed by atoms with Crippen molar-refractivity contribution in [2.75, 3.05) is 11.5 Å². The van der Waals surface area contributed by atoms with E-state index in [1.165, 1.54) is 0 Å². The van der Waals surface area contributed by atoms with Crippen LogP contribution in [-0.2, 0) is 14.9 Å². The first-order valence-corrected chi connectivity index (χ1v) is 8.10. The molecule has 4 rings (SSSR count). The van der Waals surface area contributed by atoms with Crippen LogP contribution in [0, 0.1) is 5.41 Å². The highest BCUT2D eigenvalue weighted by Gasteiger charge is 2.58. The van der Waals surface area contributed by atoms with Crippen LogP contribution < -0.4 is 0 Å². The molecule has 1 aliphatic carbocycles. The van der Waals surface area contributed by atoms with E-state index in [4.69, 9.17) is 10.1 Å². The predicted molar refractivity (Wildman–Crippen MR) is 77.9 cm³/mol. The van der Waals surface area contributed by atoms with Crippen LogP contribution >= 0.6 is 11.8 Å². The second-order valence-electron chi connectivity index (χ2n) is 5.69. The Morgan fingerprint density at radius 3 is 2.75 bits per heavy atom. The Balaban J connectivity index is 1.66. The van der Waals surface area contributed by atoms with E-state index in [0.717, 1.165) is 29.9 Å². The number of carbonyl (C=O) groups is 1. The van der Waals surface area contributed by atoms with E-state index in [1.807, 2.05) is 30.3 Å². The Hall–Kier alpha value is -1.49. The van der Waals surface area contributed by atoms with E-state index in [2.05, 4.69) is 0 Å². The van der Waals surface area contributed by atoms with Gasteiger partial charge in [0, 0.05) is 11.5 Å². The van der Waals surface area contributed by atoms with E-state index >= 15 is 0 Å². The summed E-state index contributed by atoms with van der Waals surface area (Å²) in [5.74, 6) is 1.82. The van der Waals surface area contributed by atoms with Gasteiger partial charge in [0.2, 0.25) is 5.91 Å². The first-order valence-electron chi connectivity index (χ1n) is 6.94. The number of ether oxygens (including phenoxy) is 1. The van der Waals surface area contributed by atoms with Gasteiger partial charge in [0.25, 0.3) is 6.02 Å². The summed E-state index contributed by atoms with van der Waals surface area (Å²) in [6.07, 6.45) is 1.77. The molecule has 20 heavy (non-hydrogen) atoms. The van der Waals surface area contributed by atoms with Crippen molar-refractivity contribution < 1.29 is 9.53 Å². The van der Waals surface area contributed by atoms with Crippen LogP contribution in [0.25, 0.3) is 0 Å². The van der Waals surface area contributed by atoms with Crippen molar-refractivity contribution in [3.63, 3.8) is 0 Å². The van der Waals surface area contributed by atoms with Gasteiger partial charge in [0.1, 0.15) is 6.10 Å². The van der Waals surface area contributed by atoms with Gasteiger partial charge in [-0.2, -0.15) is 11.8 Å². The second kappa shape index (κ2) is 4.25. The molecular formula is C15H16N2O2S. The van der Waals surface area contributed by atoms with E-state index < -0.39 is 5.41 Å².